The number of anilines is 2. The third kappa shape index (κ3) is 2.30. The molecule has 1 aliphatic carbocycles. The molecule has 0 radical (unpaired) electrons. The summed E-state index contributed by atoms with van der Waals surface area (Å²) in [4.78, 5) is 8.73. The van der Waals surface area contributed by atoms with Gasteiger partial charge in [-0.2, -0.15) is 9.97 Å². The first-order valence-corrected chi connectivity index (χ1v) is 7.82. The van der Waals surface area contributed by atoms with E-state index in [1.807, 2.05) is 16.8 Å². The van der Waals surface area contributed by atoms with E-state index in [9.17, 15) is 5.11 Å². The summed E-state index contributed by atoms with van der Waals surface area (Å²) in [6, 6.07) is 2.50. The number of nitrogens with two attached hydrogens (primary N) is 1. The maximum atomic E-state index is 9.32. The molecule has 0 bridgehead atoms. The van der Waals surface area contributed by atoms with Gasteiger partial charge in [-0.05, 0) is 25.3 Å². The number of hydrogen-bond donors (Lipinski definition) is 3. The average molecular weight is 303 g/mol. The second kappa shape index (κ2) is 5.10. The number of nitrogen functional groups attached to an aromatic ring is 1. The van der Waals surface area contributed by atoms with E-state index in [0.717, 1.165) is 23.3 Å². The summed E-state index contributed by atoms with van der Waals surface area (Å²) >= 11 is 0. The third-order valence-corrected chi connectivity index (χ3v) is 4.44. The van der Waals surface area contributed by atoms with Crippen LogP contribution >= 0.6 is 0 Å². The molecule has 3 atom stereocenters. The molecule has 4 rings (SSSR count). The van der Waals surface area contributed by atoms with Gasteiger partial charge in [0.2, 0.25) is 5.95 Å². The Kier molecular flexibility index (Phi) is 3.19. The molecule has 1 saturated carbocycles. The fourth-order valence-electron chi connectivity index (χ4n) is 3.16. The normalized spacial score (nSPS) is 28.4. The van der Waals surface area contributed by atoms with E-state index in [1.54, 1.807) is 0 Å². The van der Waals surface area contributed by atoms with Gasteiger partial charge in [-0.25, -0.2) is 0 Å². The molecule has 1 aliphatic heterocycles. The van der Waals surface area contributed by atoms with E-state index < -0.39 is 0 Å². The van der Waals surface area contributed by atoms with Crippen molar-refractivity contribution in [1.29, 1.82) is 0 Å². The maximum absolute atomic E-state index is 9.32. The molecular formula is C15H21N5O2. The molecule has 3 heterocycles. The van der Waals surface area contributed by atoms with E-state index in [0.29, 0.717) is 12.0 Å². The Morgan fingerprint density at radius 1 is 1.45 bits per heavy atom. The Labute approximate surface area is 128 Å². The molecule has 1 saturated heterocycles. The van der Waals surface area contributed by atoms with Gasteiger partial charge in [0.15, 0.2) is 0 Å². The number of hydrogen-bond acceptors (Lipinski definition) is 6. The Morgan fingerprint density at radius 3 is 2.95 bits per heavy atom. The molecular weight excluding hydrogens is 282 g/mol. The van der Waals surface area contributed by atoms with Crippen molar-refractivity contribution in [2.24, 2.45) is 5.92 Å². The molecule has 0 spiro atoms. The molecule has 22 heavy (non-hydrogen) atoms. The molecule has 2 aromatic rings. The molecule has 0 unspecified atom stereocenters. The highest BCUT2D eigenvalue weighted by atomic mass is 16.5. The van der Waals surface area contributed by atoms with Crippen LogP contribution in [0.5, 0.6) is 0 Å². The summed E-state index contributed by atoms with van der Waals surface area (Å²) in [5.74, 6) is 1.37. The molecule has 7 heteroatoms. The maximum Gasteiger partial charge on any atom is 0.223 e. The summed E-state index contributed by atoms with van der Waals surface area (Å²) in [5.41, 5.74) is 6.66. The number of aliphatic hydroxyl groups excluding tert-OH is 1. The van der Waals surface area contributed by atoms with Crippen LogP contribution in [-0.4, -0.2) is 38.4 Å². The van der Waals surface area contributed by atoms with Gasteiger partial charge in [0.05, 0.1) is 18.1 Å². The Hall–Kier alpha value is -1.86. The third-order valence-electron chi connectivity index (χ3n) is 4.44. The Bertz CT molecular complexity index is 697. The molecule has 0 amide bonds. The van der Waals surface area contributed by atoms with Crippen LogP contribution in [0, 0.1) is 5.92 Å². The first kappa shape index (κ1) is 13.8. The zero-order valence-corrected chi connectivity index (χ0v) is 12.6. The van der Waals surface area contributed by atoms with Crippen LogP contribution in [-0.2, 0) is 4.74 Å². The van der Waals surface area contributed by atoms with Crippen molar-refractivity contribution in [2.45, 2.75) is 44.6 Å². The quantitative estimate of drug-likeness (QED) is 0.792. The largest absolute Gasteiger partial charge is 0.394 e. The number of nitrogens with one attached hydrogen (secondary N) is 1. The number of ether oxygens (including phenoxy) is 1. The molecule has 4 N–H and O–H groups in total. The van der Waals surface area contributed by atoms with E-state index in [-0.39, 0.29) is 24.9 Å². The van der Waals surface area contributed by atoms with Crippen LogP contribution in [0.25, 0.3) is 11.0 Å². The van der Waals surface area contributed by atoms with Crippen molar-refractivity contribution in [3.8, 4) is 0 Å². The lowest BCUT2D eigenvalue weighted by atomic mass is 10.1. The van der Waals surface area contributed by atoms with Crippen LogP contribution in [0.4, 0.5) is 11.8 Å². The first-order chi connectivity index (χ1) is 10.7. The number of aromatic nitrogens is 3. The minimum atomic E-state index is -0.127. The highest BCUT2D eigenvalue weighted by molar-refractivity contribution is 5.88. The van der Waals surface area contributed by atoms with Gasteiger partial charge in [-0.3, -0.25) is 0 Å². The van der Waals surface area contributed by atoms with Crippen molar-refractivity contribution < 1.29 is 9.84 Å². The second-order valence-electron chi connectivity index (χ2n) is 6.35. The molecule has 0 aromatic carbocycles. The van der Waals surface area contributed by atoms with E-state index >= 15 is 0 Å². The number of fused-ring (bicyclic) bond motifs is 1. The fraction of sp³-hybridized carbons (Fsp3) is 0.600. The highest BCUT2D eigenvalue weighted by Crippen LogP contribution is 2.37. The Morgan fingerprint density at radius 2 is 2.27 bits per heavy atom. The standard InChI is InChI=1S/C15H21N5O2/c1-8-6-10(7-21)22-14(8)20-5-4-11-12(17-9-2-3-9)18-15(16)19-13(11)20/h4-5,8-10,14,21H,2-3,6-7H2,1H3,(H3,16,17,18,19)/t8-,10-,14+/m0/s1. The van der Waals surface area contributed by atoms with Gasteiger partial charge < -0.3 is 25.5 Å². The summed E-state index contributed by atoms with van der Waals surface area (Å²) < 4.78 is 7.95. The van der Waals surface area contributed by atoms with Gasteiger partial charge in [-0.15, -0.1) is 0 Å². The van der Waals surface area contributed by atoms with Crippen LogP contribution in [0.15, 0.2) is 12.3 Å². The molecule has 118 valence electrons. The van der Waals surface area contributed by atoms with Gasteiger partial charge in [0.1, 0.15) is 17.7 Å². The number of nitrogens with zero attached hydrogens (tertiary/aromatic N) is 3. The molecule has 2 aromatic heterocycles. The van der Waals surface area contributed by atoms with Crippen LogP contribution in [0.3, 0.4) is 0 Å². The first-order valence-electron chi connectivity index (χ1n) is 7.82. The number of rotatable bonds is 4. The topological polar surface area (TPSA) is 98.2 Å². The SMILES string of the molecule is C[C@H]1C[C@@H](CO)O[C@H]1n1ccc2c(NC3CC3)nc(N)nc21. The minimum Gasteiger partial charge on any atom is -0.394 e. The van der Waals surface area contributed by atoms with Gasteiger partial charge in [-0.1, -0.05) is 6.92 Å². The number of aliphatic hydroxyl groups is 1. The van der Waals surface area contributed by atoms with Crippen molar-refractivity contribution in [3.05, 3.63) is 12.3 Å². The fourth-order valence-corrected chi connectivity index (χ4v) is 3.16. The van der Waals surface area contributed by atoms with Crippen molar-refractivity contribution in [2.75, 3.05) is 17.7 Å². The predicted octanol–water partition coefficient (Wildman–Crippen LogP) is 1.50. The van der Waals surface area contributed by atoms with Gasteiger partial charge in [0.25, 0.3) is 0 Å². The molecule has 2 aliphatic rings. The monoisotopic (exact) mass is 303 g/mol. The van der Waals surface area contributed by atoms with Gasteiger partial charge in [0, 0.05) is 18.2 Å². The van der Waals surface area contributed by atoms with Crippen molar-refractivity contribution in [3.63, 3.8) is 0 Å². The minimum absolute atomic E-state index is 0.0473. The van der Waals surface area contributed by atoms with Crippen molar-refractivity contribution in [1.82, 2.24) is 14.5 Å². The average Bonchev–Trinajstić information content (AvgIpc) is 3.08. The Balaban J connectivity index is 1.74. The highest BCUT2D eigenvalue weighted by Gasteiger charge is 2.34. The van der Waals surface area contributed by atoms with Crippen molar-refractivity contribution >= 4 is 22.8 Å². The van der Waals surface area contributed by atoms with E-state index in [4.69, 9.17) is 10.5 Å². The lowest BCUT2D eigenvalue weighted by Gasteiger charge is -2.18. The van der Waals surface area contributed by atoms with E-state index in [2.05, 4.69) is 22.2 Å². The lowest BCUT2D eigenvalue weighted by molar-refractivity contribution is -0.0291. The van der Waals surface area contributed by atoms with Crippen LogP contribution in [0.2, 0.25) is 0 Å². The predicted molar refractivity (Wildman–Crippen MR) is 83.4 cm³/mol. The second-order valence-corrected chi connectivity index (χ2v) is 6.35. The molecule has 2 fully saturated rings. The summed E-state index contributed by atoms with van der Waals surface area (Å²) in [5, 5.41) is 13.7. The lowest BCUT2D eigenvalue weighted by Crippen LogP contribution is -2.16. The summed E-state index contributed by atoms with van der Waals surface area (Å²) in [7, 11) is 0. The zero-order valence-electron chi connectivity index (χ0n) is 12.6. The summed E-state index contributed by atoms with van der Waals surface area (Å²) in [6.07, 6.45) is 4.92. The zero-order chi connectivity index (χ0) is 15.3. The summed E-state index contributed by atoms with van der Waals surface area (Å²) in [6.45, 7) is 2.17. The smallest absolute Gasteiger partial charge is 0.223 e. The molecule has 7 nitrogen and oxygen atoms in total. The van der Waals surface area contributed by atoms with Crippen LogP contribution < -0.4 is 11.1 Å². The van der Waals surface area contributed by atoms with Crippen LogP contribution in [0.1, 0.15) is 32.4 Å². The van der Waals surface area contributed by atoms with E-state index in [1.165, 1.54) is 12.8 Å². The van der Waals surface area contributed by atoms with Gasteiger partial charge >= 0.3 is 0 Å².